The molecular weight excluding hydrogens is 218 g/mol. The lowest BCUT2D eigenvalue weighted by Crippen LogP contribution is -1.97. The molecule has 0 N–H and O–H groups in total. The summed E-state index contributed by atoms with van der Waals surface area (Å²) >= 11 is 0. The zero-order valence-electron chi connectivity index (χ0n) is 10.6. The van der Waals surface area contributed by atoms with Crippen molar-refractivity contribution < 1.29 is 0 Å². The summed E-state index contributed by atoms with van der Waals surface area (Å²) in [5.41, 5.74) is 3.97. The molecule has 0 aliphatic rings. The summed E-state index contributed by atoms with van der Waals surface area (Å²) in [5.74, 6) is 0. The Balaban J connectivity index is 1.91. The molecule has 0 spiro atoms. The Kier molecular flexibility index (Phi) is 2.89. The second-order valence-corrected chi connectivity index (χ2v) is 4.59. The molecule has 89 valence electrons. The maximum Gasteiger partial charge on any atom is 0.0489 e. The molecule has 0 aliphatic carbocycles. The summed E-state index contributed by atoms with van der Waals surface area (Å²) < 4.78 is 2.25. The number of fused-ring (bicyclic) bond motifs is 1. The molecule has 0 fully saturated rings. The molecule has 0 saturated carbocycles. The normalized spacial score (nSPS) is 10.9. The minimum Gasteiger partial charge on any atom is -0.342 e. The monoisotopic (exact) mass is 234 g/mol. The fourth-order valence-corrected chi connectivity index (χ4v) is 2.27. The lowest BCUT2D eigenvalue weighted by Gasteiger charge is -2.06. The number of aryl methyl sites for hydroxylation is 1. The summed E-state index contributed by atoms with van der Waals surface area (Å²) in [6.07, 6.45) is 3.14. The first-order valence-electron chi connectivity index (χ1n) is 6.40. The van der Waals surface area contributed by atoms with Crippen molar-refractivity contribution in [1.82, 2.24) is 4.57 Å². The molecule has 0 atom stereocenters. The zero-order chi connectivity index (χ0) is 12.4. The molecule has 2 aromatic carbocycles. The van der Waals surface area contributed by atoms with Crippen molar-refractivity contribution in [1.29, 1.82) is 0 Å². The van der Waals surface area contributed by atoms with E-state index in [1.54, 1.807) is 0 Å². The van der Waals surface area contributed by atoms with Gasteiger partial charge in [0.05, 0.1) is 0 Å². The summed E-state index contributed by atoms with van der Waals surface area (Å²) in [5, 5.41) is 1.18. The van der Waals surface area contributed by atoms with E-state index in [0.29, 0.717) is 0 Å². The van der Waals surface area contributed by atoms with E-state index >= 15 is 0 Å². The van der Waals surface area contributed by atoms with E-state index in [9.17, 15) is 0 Å². The first-order valence-corrected chi connectivity index (χ1v) is 6.40. The molecule has 1 heteroatoms. The van der Waals surface area contributed by atoms with Crippen LogP contribution in [0.4, 0.5) is 0 Å². The highest BCUT2D eigenvalue weighted by Crippen LogP contribution is 2.16. The summed E-state index contributed by atoms with van der Waals surface area (Å²) in [7, 11) is 0. The Labute approximate surface area is 108 Å². The van der Waals surface area contributed by atoms with Crippen molar-refractivity contribution in [3.63, 3.8) is 0 Å². The van der Waals surface area contributed by atoms with Gasteiger partial charge in [0, 0.05) is 29.7 Å². The average molecular weight is 234 g/mol. The smallest absolute Gasteiger partial charge is 0.0489 e. The molecule has 1 radical (unpaired) electrons. The van der Waals surface area contributed by atoms with Crippen LogP contribution in [-0.2, 0) is 13.0 Å². The molecule has 0 bridgehead atoms. The highest BCUT2D eigenvalue weighted by molar-refractivity contribution is 5.79. The molecule has 1 heterocycles. The van der Waals surface area contributed by atoms with Gasteiger partial charge in [-0.1, -0.05) is 49.4 Å². The van der Waals surface area contributed by atoms with Crippen LogP contribution in [0.5, 0.6) is 0 Å². The number of nitrogens with zero attached hydrogens (tertiary/aromatic N) is 1. The third-order valence-electron chi connectivity index (χ3n) is 3.37. The van der Waals surface area contributed by atoms with E-state index in [1.165, 1.54) is 22.0 Å². The van der Waals surface area contributed by atoms with Crippen LogP contribution < -0.4 is 0 Å². The Hall–Kier alpha value is -2.02. The van der Waals surface area contributed by atoms with Crippen molar-refractivity contribution in [3.05, 3.63) is 71.9 Å². The number of para-hydroxylation sites is 1. The highest BCUT2D eigenvalue weighted by Gasteiger charge is 2.01. The van der Waals surface area contributed by atoms with Crippen LogP contribution in [0.3, 0.4) is 0 Å². The Morgan fingerprint density at radius 3 is 2.44 bits per heavy atom. The first-order chi connectivity index (χ1) is 8.86. The van der Waals surface area contributed by atoms with Gasteiger partial charge in [-0.05, 0) is 23.6 Å². The van der Waals surface area contributed by atoms with E-state index in [2.05, 4.69) is 66.1 Å². The van der Waals surface area contributed by atoms with Crippen molar-refractivity contribution in [2.75, 3.05) is 0 Å². The van der Waals surface area contributed by atoms with E-state index in [0.717, 1.165) is 13.0 Å². The summed E-state index contributed by atoms with van der Waals surface area (Å²) in [4.78, 5) is 0. The molecule has 0 aliphatic heterocycles. The fraction of sp³-hybridized carbons (Fsp3) is 0.176. The number of hydrogen-bond donors (Lipinski definition) is 0. The molecule has 3 rings (SSSR count). The van der Waals surface area contributed by atoms with Gasteiger partial charge in [-0.3, -0.25) is 0 Å². The topological polar surface area (TPSA) is 4.93 Å². The molecule has 1 nitrogen and oxygen atoms in total. The van der Waals surface area contributed by atoms with E-state index in [-0.39, 0.29) is 0 Å². The predicted octanol–water partition coefficient (Wildman–Crippen LogP) is 4.05. The zero-order valence-corrected chi connectivity index (χ0v) is 10.6. The van der Waals surface area contributed by atoms with Gasteiger partial charge in [0.1, 0.15) is 0 Å². The second kappa shape index (κ2) is 4.69. The molecular formula is C17H16N. The van der Waals surface area contributed by atoms with Crippen LogP contribution in [0.25, 0.3) is 10.9 Å². The summed E-state index contributed by atoms with van der Waals surface area (Å²) in [6, 6.07) is 20.5. The molecule has 1 aromatic heterocycles. The molecule has 3 aromatic rings. The van der Waals surface area contributed by atoms with Crippen LogP contribution in [0.2, 0.25) is 0 Å². The first kappa shape index (κ1) is 11.1. The molecule has 0 unspecified atom stereocenters. The van der Waals surface area contributed by atoms with Crippen molar-refractivity contribution in [2.24, 2.45) is 0 Å². The van der Waals surface area contributed by atoms with E-state index in [4.69, 9.17) is 0 Å². The Morgan fingerprint density at radius 2 is 1.67 bits per heavy atom. The van der Waals surface area contributed by atoms with Crippen LogP contribution in [0.15, 0.2) is 54.7 Å². The maximum atomic E-state index is 3.29. The van der Waals surface area contributed by atoms with Crippen molar-refractivity contribution in [2.45, 2.75) is 19.9 Å². The minimum absolute atomic E-state index is 0.911. The van der Waals surface area contributed by atoms with Gasteiger partial charge in [-0.25, -0.2) is 0 Å². The van der Waals surface area contributed by atoms with Gasteiger partial charge in [0.15, 0.2) is 0 Å². The predicted molar refractivity (Wildman–Crippen MR) is 75.7 cm³/mol. The maximum absolute atomic E-state index is 3.29. The van der Waals surface area contributed by atoms with Crippen LogP contribution in [0.1, 0.15) is 18.1 Å². The quantitative estimate of drug-likeness (QED) is 0.644. The number of rotatable bonds is 3. The Bertz CT molecular complexity index is 647. The molecule has 18 heavy (non-hydrogen) atoms. The van der Waals surface area contributed by atoms with Gasteiger partial charge < -0.3 is 4.57 Å². The number of benzene rings is 2. The fourth-order valence-electron chi connectivity index (χ4n) is 2.27. The highest BCUT2D eigenvalue weighted by atomic mass is 14.9. The van der Waals surface area contributed by atoms with Gasteiger partial charge in [-0.15, -0.1) is 0 Å². The third kappa shape index (κ3) is 2.04. The van der Waals surface area contributed by atoms with E-state index in [1.807, 2.05) is 6.20 Å². The van der Waals surface area contributed by atoms with Crippen molar-refractivity contribution in [3.8, 4) is 0 Å². The third-order valence-corrected chi connectivity index (χ3v) is 3.37. The van der Waals surface area contributed by atoms with Gasteiger partial charge >= 0.3 is 0 Å². The average Bonchev–Trinajstić information content (AvgIpc) is 2.83. The van der Waals surface area contributed by atoms with Gasteiger partial charge in [-0.2, -0.15) is 0 Å². The standard InChI is InChI=1S/C17H16N/c1-2-14-7-9-15(10-8-14)13-18-12-11-16-5-3-4-6-17(16)18/h3-10,12H,2,13H2,1H3. The largest absolute Gasteiger partial charge is 0.342 e. The van der Waals surface area contributed by atoms with Crippen LogP contribution in [0, 0.1) is 6.07 Å². The van der Waals surface area contributed by atoms with Crippen molar-refractivity contribution >= 4 is 10.9 Å². The lowest BCUT2D eigenvalue weighted by molar-refractivity contribution is 0.835. The van der Waals surface area contributed by atoms with Crippen LogP contribution >= 0.6 is 0 Å². The lowest BCUT2D eigenvalue weighted by atomic mass is 10.1. The second-order valence-electron chi connectivity index (χ2n) is 4.59. The number of aromatic nitrogens is 1. The van der Waals surface area contributed by atoms with Crippen LogP contribution in [-0.4, -0.2) is 4.57 Å². The molecule has 0 saturated heterocycles. The SMILES string of the molecule is CCc1ccc(Cn2c[c]c3ccccc32)cc1. The summed E-state index contributed by atoms with van der Waals surface area (Å²) in [6.45, 7) is 3.09. The van der Waals surface area contributed by atoms with E-state index < -0.39 is 0 Å². The Morgan fingerprint density at radius 1 is 0.944 bits per heavy atom. The molecule has 0 amide bonds. The van der Waals surface area contributed by atoms with Gasteiger partial charge in [0.25, 0.3) is 0 Å². The number of hydrogen-bond acceptors (Lipinski definition) is 0. The van der Waals surface area contributed by atoms with Gasteiger partial charge in [0.2, 0.25) is 0 Å². The minimum atomic E-state index is 0.911.